The van der Waals surface area contributed by atoms with Crippen molar-refractivity contribution < 1.29 is 9.59 Å². The maximum Gasteiger partial charge on any atom is 0.275 e. The summed E-state index contributed by atoms with van der Waals surface area (Å²) in [6.07, 6.45) is 1.66. The van der Waals surface area contributed by atoms with Gasteiger partial charge in [0.1, 0.15) is 0 Å². The fraction of sp³-hybridized carbons (Fsp3) is 0.0690. The molecular weight excluding hydrogens is 452 g/mol. The molecule has 0 radical (unpaired) electrons. The highest BCUT2D eigenvalue weighted by Crippen LogP contribution is 2.17. The lowest BCUT2D eigenvalue weighted by Crippen LogP contribution is -2.29. The van der Waals surface area contributed by atoms with Crippen molar-refractivity contribution in [2.75, 3.05) is 0 Å². The fourth-order valence-corrected chi connectivity index (χ4v) is 4.07. The van der Waals surface area contributed by atoms with Crippen molar-refractivity contribution in [3.8, 4) is 0 Å². The van der Waals surface area contributed by atoms with Gasteiger partial charge in [-0.2, -0.15) is 5.10 Å². The second-order valence-corrected chi connectivity index (χ2v) is 8.20. The second-order valence-electron chi connectivity index (χ2n) is 8.20. The van der Waals surface area contributed by atoms with E-state index >= 15 is 0 Å². The van der Waals surface area contributed by atoms with Crippen LogP contribution in [0.15, 0.2) is 108 Å². The Bertz CT molecular complexity index is 1610. The number of nitrogens with one attached hydrogen (secondary N) is 1. The summed E-state index contributed by atoms with van der Waals surface area (Å²) in [6.45, 7) is 0.287. The Balaban J connectivity index is 1.44. The number of aromatic nitrogens is 3. The van der Waals surface area contributed by atoms with Crippen LogP contribution in [-0.2, 0) is 13.1 Å². The molecule has 176 valence electrons. The number of carbonyl (C=O) groups excluding carboxylic acids is 2. The van der Waals surface area contributed by atoms with Gasteiger partial charge in [-0.25, -0.2) is 4.68 Å². The van der Waals surface area contributed by atoms with Crippen LogP contribution >= 0.6 is 0 Å². The van der Waals surface area contributed by atoms with Gasteiger partial charge >= 0.3 is 0 Å². The SMILES string of the molecule is O=C(NCc1nn(Cc2ccccn2)c(=O)c2ccccc12)c1ccccc1C(=O)c1ccccc1. The van der Waals surface area contributed by atoms with E-state index in [4.69, 9.17) is 0 Å². The van der Waals surface area contributed by atoms with Crippen LogP contribution in [0.5, 0.6) is 0 Å². The first-order valence-electron chi connectivity index (χ1n) is 11.5. The molecule has 5 rings (SSSR count). The molecule has 0 saturated carbocycles. The van der Waals surface area contributed by atoms with Crippen LogP contribution in [0.3, 0.4) is 0 Å². The molecule has 0 aliphatic heterocycles. The highest BCUT2D eigenvalue weighted by atomic mass is 16.2. The third-order valence-electron chi connectivity index (χ3n) is 5.85. The zero-order valence-corrected chi connectivity index (χ0v) is 19.3. The number of ketones is 1. The standard InChI is InChI=1S/C29H22N4O3/c34-27(20-10-2-1-3-11-20)23-14-5-6-15-24(23)28(35)31-18-26-22-13-4-7-16-25(22)29(36)33(32-26)19-21-12-8-9-17-30-21/h1-17H,18-19H2,(H,31,35). The summed E-state index contributed by atoms with van der Waals surface area (Å²) in [7, 11) is 0. The van der Waals surface area contributed by atoms with Crippen molar-refractivity contribution in [2.24, 2.45) is 0 Å². The van der Waals surface area contributed by atoms with E-state index in [1.165, 1.54) is 4.68 Å². The topological polar surface area (TPSA) is 93.9 Å². The summed E-state index contributed by atoms with van der Waals surface area (Å²) in [5.74, 6) is -0.628. The molecule has 1 N–H and O–H groups in total. The Kier molecular flexibility index (Phi) is 6.44. The Hall–Kier alpha value is -4.91. The van der Waals surface area contributed by atoms with Crippen molar-refractivity contribution in [1.29, 1.82) is 0 Å². The van der Waals surface area contributed by atoms with Crippen LogP contribution in [0.1, 0.15) is 37.7 Å². The summed E-state index contributed by atoms with van der Waals surface area (Å²) >= 11 is 0. The van der Waals surface area contributed by atoms with Gasteiger partial charge in [0.15, 0.2) is 5.78 Å². The summed E-state index contributed by atoms with van der Waals surface area (Å²) in [4.78, 5) is 43.6. The van der Waals surface area contributed by atoms with E-state index in [1.807, 2.05) is 30.3 Å². The molecule has 3 aromatic carbocycles. The average Bonchev–Trinajstić information content (AvgIpc) is 2.94. The van der Waals surface area contributed by atoms with Gasteiger partial charge < -0.3 is 5.32 Å². The first-order valence-corrected chi connectivity index (χ1v) is 11.5. The number of pyridine rings is 1. The van der Waals surface area contributed by atoms with E-state index in [1.54, 1.807) is 72.9 Å². The molecule has 0 unspecified atom stereocenters. The molecule has 5 aromatic rings. The van der Waals surface area contributed by atoms with Crippen molar-refractivity contribution in [3.63, 3.8) is 0 Å². The molecule has 0 bridgehead atoms. The highest BCUT2D eigenvalue weighted by Gasteiger charge is 2.19. The number of hydrogen-bond acceptors (Lipinski definition) is 5. The van der Waals surface area contributed by atoms with Crippen LogP contribution in [0.4, 0.5) is 0 Å². The summed E-state index contributed by atoms with van der Waals surface area (Å²) < 4.78 is 1.36. The molecule has 0 fully saturated rings. The van der Waals surface area contributed by atoms with Crippen molar-refractivity contribution in [3.05, 3.63) is 142 Å². The van der Waals surface area contributed by atoms with E-state index in [0.29, 0.717) is 33.3 Å². The molecule has 7 heteroatoms. The van der Waals surface area contributed by atoms with Crippen LogP contribution < -0.4 is 10.9 Å². The van der Waals surface area contributed by atoms with Gasteiger partial charge in [-0.3, -0.25) is 19.4 Å². The smallest absolute Gasteiger partial charge is 0.275 e. The largest absolute Gasteiger partial charge is 0.346 e. The van der Waals surface area contributed by atoms with E-state index in [0.717, 1.165) is 0 Å². The molecule has 36 heavy (non-hydrogen) atoms. The number of hydrogen-bond donors (Lipinski definition) is 1. The first-order chi connectivity index (χ1) is 17.6. The minimum atomic E-state index is -0.400. The van der Waals surface area contributed by atoms with Crippen LogP contribution in [0, 0.1) is 0 Å². The number of amides is 1. The van der Waals surface area contributed by atoms with Gasteiger partial charge in [0.25, 0.3) is 11.5 Å². The van der Waals surface area contributed by atoms with Crippen molar-refractivity contribution in [2.45, 2.75) is 13.1 Å². The predicted octanol–water partition coefficient (Wildman–Crippen LogP) is 4.00. The number of fused-ring (bicyclic) bond motifs is 1. The third kappa shape index (κ3) is 4.67. The highest BCUT2D eigenvalue weighted by molar-refractivity contribution is 6.15. The number of carbonyl (C=O) groups is 2. The summed E-state index contributed by atoms with van der Waals surface area (Å²) in [5, 5.41) is 8.60. The molecule has 2 aromatic heterocycles. The Morgan fingerprint density at radius 2 is 1.42 bits per heavy atom. The van der Waals surface area contributed by atoms with Gasteiger partial charge in [-0.15, -0.1) is 0 Å². The summed E-state index contributed by atoms with van der Waals surface area (Å²) in [5.41, 5.74) is 2.11. The molecule has 0 aliphatic rings. The number of nitrogens with zero attached hydrogens (tertiary/aromatic N) is 3. The van der Waals surface area contributed by atoms with Crippen LogP contribution in [0.25, 0.3) is 10.8 Å². The monoisotopic (exact) mass is 474 g/mol. The minimum Gasteiger partial charge on any atom is -0.346 e. The second kappa shape index (κ2) is 10.1. The van der Waals surface area contributed by atoms with Gasteiger partial charge in [0.2, 0.25) is 0 Å². The van der Waals surface area contributed by atoms with E-state index < -0.39 is 5.91 Å². The first kappa shape index (κ1) is 22.9. The van der Waals surface area contributed by atoms with Crippen molar-refractivity contribution >= 4 is 22.5 Å². The van der Waals surface area contributed by atoms with E-state index in [9.17, 15) is 14.4 Å². The van der Waals surface area contributed by atoms with Gasteiger partial charge in [0, 0.05) is 22.7 Å². The molecule has 0 saturated heterocycles. The maximum absolute atomic E-state index is 13.2. The Labute approximate surface area is 207 Å². The minimum absolute atomic E-state index is 0.0791. The lowest BCUT2D eigenvalue weighted by atomic mass is 9.98. The van der Waals surface area contributed by atoms with Gasteiger partial charge in [-0.05, 0) is 24.3 Å². The van der Waals surface area contributed by atoms with E-state index in [-0.39, 0.29) is 30.0 Å². The lowest BCUT2D eigenvalue weighted by molar-refractivity contribution is 0.0939. The van der Waals surface area contributed by atoms with Gasteiger partial charge in [0.05, 0.1) is 35.4 Å². The maximum atomic E-state index is 13.2. The molecule has 1 amide bonds. The summed E-state index contributed by atoms with van der Waals surface area (Å²) in [6, 6.07) is 28.2. The van der Waals surface area contributed by atoms with E-state index in [2.05, 4.69) is 15.4 Å². The quantitative estimate of drug-likeness (QED) is 0.360. The Morgan fingerprint density at radius 3 is 2.17 bits per heavy atom. The zero-order chi connectivity index (χ0) is 24.9. The van der Waals surface area contributed by atoms with Gasteiger partial charge in [-0.1, -0.05) is 72.8 Å². The Morgan fingerprint density at radius 1 is 0.750 bits per heavy atom. The number of benzene rings is 3. The molecule has 7 nitrogen and oxygen atoms in total. The number of rotatable bonds is 7. The third-order valence-corrected chi connectivity index (χ3v) is 5.85. The molecule has 2 heterocycles. The molecule has 0 atom stereocenters. The van der Waals surface area contributed by atoms with Crippen LogP contribution in [0.2, 0.25) is 0 Å². The zero-order valence-electron chi connectivity index (χ0n) is 19.3. The van der Waals surface area contributed by atoms with Crippen molar-refractivity contribution in [1.82, 2.24) is 20.1 Å². The average molecular weight is 475 g/mol. The lowest BCUT2D eigenvalue weighted by Gasteiger charge is -2.13. The normalized spacial score (nSPS) is 10.8. The van der Waals surface area contributed by atoms with Crippen LogP contribution in [-0.4, -0.2) is 26.5 Å². The molecular formula is C29H22N4O3. The molecule has 0 aliphatic carbocycles. The molecule has 0 spiro atoms. The predicted molar refractivity (Wildman–Crippen MR) is 137 cm³/mol. The fourth-order valence-electron chi connectivity index (χ4n) is 4.07.